The zero-order valence-corrected chi connectivity index (χ0v) is 12.7. The Bertz CT molecular complexity index is 584. The van der Waals surface area contributed by atoms with Crippen LogP contribution in [-0.2, 0) is 10.0 Å². The van der Waals surface area contributed by atoms with Crippen molar-refractivity contribution in [2.45, 2.75) is 13.3 Å². The number of ether oxygens (including phenoxy) is 1. The van der Waals surface area contributed by atoms with Crippen molar-refractivity contribution in [2.24, 2.45) is 0 Å². The second kappa shape index (κ2) is 7.25. The molecule has 0 spiro atoms. The van der Waals surface area contributed by atoms with E-state index in [0.29, 0.717) is 31.9 Å². The average molecular weight is 304 g/mol. The first kappa shape index (κ1) is 16.4. The predicted molar refractivity (Wildman–Crippen MR) is 76.6 cm³/mol. The van der Waals surface area contributed by atoms with Gasteiger partial charge in [-0.1, -0.05) is 6.92 Å². The number of rotatable bonds is 8. The van der Waals surface area contributed by atoms with E-state index in [2.05, 4.69) is 15.3 Å². The van der Waals surface area contributed by atoms with E-state index in [4.69, 9.17) is 4.74 Å². The predicted octanol–water partition coefficient (Wildman–Crippen LogP) is -0.138. The summed E-state index contributed by atoms with van der Waals surface area (Å²) in [6.45, 7) is 3.12. The minimum Gasteiger partial charge on any atom is -0.489 e. The Balaban J connectivity index is 2.54. The molecule has 0 saturated heterocycles. The highest BCUT2D eigenvalue weighted by atomic mass is 32.2. The molecule has 0 amide bonds. The van der Waals surface area contributed by atoms with E-state index in [0.717, 1.165) is 0 Å². The molecule has 0 aliphatic heterocycles. The van der Waals surface area contributed by atoms with Gasteiger partial charge in [-0.3, -0.25) is 4.79 Å². The normalized spacial score (nSPS) is 11.6. The van der Waals surface area contributed by atoms with Gasteiger partial charge in [0.15, 0.2) is 5.82 Å². The number of anilines is 1. The number of methoxy groups -OCH3 is 1. The van der Waals surface area contributed by atoms with Gasteiger partial charge in [0.05, 0.1) is 19.7 Å². The first-order valence-electron chi connectivity index (χ1n) is 6.20. The molecule has 1 aromatic rings. The molecule has 20 heavy (non-hydrogen) atoms. The molecule has 1 heterocycles. The van der Waals surface area contributed by atoms with E-state index in [-0.39, 0.29) is 11.3 Å². The van der Waals surface area contributed by atoms with Crippen LogP contribution in [0.2, 0.25) is 0 Å². The van der Waals surface area contributed by atoms with Crippen molar-refractivity contribution in [3.8, 4) is 5.75 Å². The molecule has 0 bridgehead atoms. The SMILES string of the molecule is CCN(CCCNc1nc[nH]c(=O)c1OC)S(C)(=O)=O. The third kappa shape index (κ3) is 4.49. The van der Waals surface area contributed by atoms with E-state index < -0.39 is 10.0 Å². The summed E-state index contributed by atoms with van der Waals surface area (Å²) >= 11 is 0. The molecule has 0 aliphatic carbocycles. The van der Waals surface area contributed by atoms with Gasteiger partial charge in [0.1, 0.15) is 0 Å². The lowest BCUT2D eigenvalue weighted by atomic mass is 10.4. The molecule has 0 aliphatic rings. The largest absolute Gasteiger partial charge is 0.489 e. The molecule has 114 valence electrons. The molecule has 0 fully saturated rings. The summed E-state index contributed by atoms with van der Waals surface area (Å²) in [5, 5.41) is 2.96. The number of hydrogen-bond donors (Lipinski definition) is 2. The third-order valence-corrected chi connectivity index (χ3v) is 4.09. The number of aromatic amines is 1. The summed E-state index contributed by atoms with van der Waals surface area (Å²) in [6, 6.07) is 0. The summed E-state index contributed by atoms with van der Waals surface area (Å²) in [5.41, 5.74) is -0.365. The summed E-state index contributed by atoms with van der Waals surface area (Å²) in [6.07, 6.45) is 3.06. The van der Waals surface area contributed by atoms with Crippen molar-refractivity contribution in [1.29, 1.82) is 0 Å². The number of nitrogens with one attached hydrogen (secondary N) is 2. The molecular weight excluding hydrogens is 284 g/mol. The summed E-state index contributed by atoms with van der Waals surface area (Å²) < 4.78 is 29.1. The van der Waals surface area contributed by atoms with Gasteiger partial charge in [-0.15, -0.1) is 0 Å². The fraction of sp³-hybridized carbons (Fsp3) is 0.636. The van der Waals surface area contributed by atoms with Crippen LogP contribution in [-0.4, -0.2) is 55.7 Å². The highest BCUT2D eigenvalue weighted by Gasteiger charge is 2.13. The van der Waals surface area contributed by atoms with Crippen LogP contribution in [0.25, 0.3) is 0 Å². The van der Waals surface area contributed by atoms with Crippen LogP contribution in [0.5, 0.6) is 5.75 Å². The third-order valence-electron chi connectivity index (χ3n) is 2.71. The average Bonchev–Trinajstić information content (AvgIpc) is 2.37. The summed E-state index contributed by atoms with van der Waals surface area (Å²) in [4.78, 5) is 17.8. The second-order valence-electron chi connectivity index (χ2n) is 4.15. The van der Waals surface area contributed by atoms with Gasteiger partial charge in [-0.25, -0.2) is 17.7 Å². The molecule has 0 unspecified atom stereocenters. The van der Waals surface area contributed by atoms with Gasteiger partial charge in [-0.05, 0) is 6.42 Å². The van der Waals surface area contributed by atoms with Crippen LogP contribution in [0.15, 0.2) is 11.1 Å². The van der Waals surface area contributed by atoms with Crippen LogP contribution in [0.4, 0.5) is 5.82 Å². The van der Waals surface area contributed by atoms with Crippen molar-refractivity contribution < 1.29 is 13.2 Å². The molecule has 0 aromatic carbocycles. The summed E-state index contributed by atoms with van der Waals surface area (Å²) in [5.74, 6) is 0.460. The van der Waals surface area contributed by atoms with E-state index in [1.165, 1.54) is 24.0 Å². The quantitative estimate of drug-likeness (QED) is 0.648. The van der Waals surface area contributed by atoms with Crippen LogP contribution < -0.4 is 15.6 Å². The minimum atomic E-state index is -3.17. The number of nitrogens with zero attached hydrogens (tertiary/aromatic N) is 2. The van der Waals surface area contributed by atoms with Gasteiger partial charge >= 0.3 is 0 Å². The Morgan fingerprint density at radius 3 is 2.75 bits per heavy atom. The van der Waals surface area contributed by atoms with Crippen molar-refractivity contribution in [1.82, 2.24) is 14.3 Å². The van der Waals surface area contributed by atoms with Crippen LogP contribution in [0.1, 0.15) is 13.3 Å². The van der Waals surface area contributed by atoms with Crippen molar-refractivity contribution in [3.63, 3.8) is 0 Å². The Hall–Kier alpha value is -1.61. The monoisotopic (exact) mass is 304 g/mol. The topological polar surface area (TPSA) is 104 Å². The Labute approximate surface area is 118 Å². The number of H-pyrrole nitrogens is 1. The Kier molecular flexibility index (Phi) is 5.96. The molecule has 1 rings (SSSR count). The van der Waals surface area contributed by atoms with E-state index in [1.54, 1.807) is 6.92 Å². The van der Waals surface area contributed by atoms with Crippen molar-refractivity contribution in [3.05, 3.63) is 16.7 Å². The lowest BCUT2D eigenvalue weighted by molar-refractivity contribution is 0.407. The van der Waals surface area contributed by atoms with E-state index in [1.807, 2.05) is 0 Å². The standard InChI is InChI=1S/C11H20N4O4S/c1-4-15(20(3,17)18)7-5-6-12-10-9(19-2)11(16)14-8-13-10/h8H,4-7H2,1-3H3,(H2,12,13,14,16). The molecule has 0 radical (unpaired) electrons. The molecule has 9 heteroatoms. The van der Waals surface area contributed by atoms with Crippen LogP contribution in [0.3, 0.4) is 0 Å². The molecular formula is C11H20N4O4S. The molecule has 8 nitrogen and oxygen atoms in total. The second-order valence-corrected chi connectivity index (χ2v) is 6.13. The lowest BCUT2D eigenvalue weighted by Gasteiger charge is -2.17. The molecule has 2 N–H and O–H groups in total. The Morgan fingerprint density at radius 2 is 2.20 bits per heavy atom. The number of aromatic nitrogens is 2. The first-order valence-corrected chi connectivity index (χ1v) is 8.05. The van der Waals surface area contributed by atoms with Gasteiger partial charge in [0.25, 0.3) is 5.56 Å². The van der Waals surface area contributed by atoms with Crippen molar-refractivity contribution in [2.75, 3.05) is 38.3 Å². The maximum absolute atomic E-state index is 11.4. The maximum Gasteiger partial charge on any atom is 0.295 e. The lowest BCUT2D eigenvalue weighted by Crippen LogP contribution is -2.31. The highest BCUT2D eigenvalue weighted by Crippen LogP contribution is 2.13. The van der Waals surface area contributed by atoms with E-state index in [9.17, 15) is 13.2 Å². The number of hydrogen-bond acceptors (Lipinski definition) is 6. The fourth-order valence-corrected chi connectivity index (χ4v) is 2.65. The first-order chi connectivity index (χ1) is 9.40. The molecule has 1 aromatic heterocycles. The maximum atomic E-state index is 11.4. The van der Waals surface area contributed by atoms with Crippen LogP contribution in [0, 0.1) is 0 Å². The zero-order valence-electron chi connectivity index (χ0n) is 11.8. The molecule has 0 saturated carbocycles. The zero-order chi connectivity index (χ0) is 15.2. The highest BCUT2D eigenvalue weighted by molar-refractivity contribution is 7.88. The Morgan fingerprint density at radius 1 is 1.50 bits per heavy atom. The van der Waals surface area contributed by atoms with Crippen LogP contribution >= 0.6 is 0 Å². The summed E-state index contributed by atoms with van der Waals surface area (Å²) in [7, 11) is -1.78. The number of sulfonamides is 1. The van der Waals surface area contributed by atoms with Gasteiger partial charge in [0.2, 0.25) is 15.8 Å². The minimum absolute atomic E-state index is 0.114. The van der Waals surface area contributed by atoms with Crippen molar-refractivity contribution >= 4 is 15.8 Å². The van der Waals surface area contributed by atoms with E-state index >= 15 is 0 Å². The van der Waals surface area contributed by atoms with Gasteiger partial charge in [-0.2, -0.15) is 0 Å². The van der Waals surface area contributed by atoms with Gasteiger partial charge in [0, 0.05) is 19.6 Å². The molecule has 0 atom stereocenters. The fourth-order valence-electron chi connectivity index (χ4n) is 1.72. The van der Waals surface area contributed by atoms with Gasteiger partial charge < -0.3 is 15.0 Å². The smallest absolute Gasteiger partial charge is 0.295 e.